The van der Waals surface area contributed by atoms with Gasteiger partial charge in [-0.3, -0.25) is 9.59 Å². The van der Waals surface area contributed by atoms with E-state index in [1.165, 1.54) is 0 Å². The molecule has 196 valence electrons. The number of carbonyl (C=O) groups excluding carboxylic acids is 1. The number of allylic oxidation sites excluding steroid dienone is 2. The standard InChI is InChI=1S/C28H42O7/c1-4-16(25-34-13-14-35-25)5-8-21-23(24(30)31)22(29)15-17-6-7-18-19-10-12-28(32,33)26(19,2)11-9-20(18)27(17,21)3/h6,16,18-21,23,25,32-33H,4-5,7-15H2,1-3H3,(H,30,31)/t16?,18-,19-,20+,21?,23?,26-,27-/m0/s1. The van der Waals surface area contributed by atoms with E-state index in [4.69, 9.17) is 9.47 Å². The molecule has 0 aromatic carbocycles. The number of fused-ring (bicyclic) bond motifs is 5. The van der Waals surface area contributed by atoms with Crippen molar-refractivity contribution in [2.75, 3.05) is 13.2 Å². The molecule has 0 amide bonds. The zero-order valence-electron chi connectivity index (χ0n) is 21.4. The Balaban J connectivity index is 1.48. The number of Topliss-reactive ketones (excluding diaryl/α,β-unsaturated/α-hetero) is 1. The van der Waals surface area contributed by atoms with Gasteiger partial charge < -0.3 is 24.8 Å². The van der Waals surface area contributed by atoms with E-state index in [9.17, 15) is 24.9 Å². The third-order valence-corrected chi connectivity index (χ3v) is 11.2. The number of aliphatic carboxylic acids is 1. The highest BCUT2D eigenvalue weighted by Crippen LogP contribution is 2.68. The molecule has 5 rings (SSSR count). The van der Waals surface area contributed by atoms with E-state index in [1.54, 1.807) is 0 Å². The Kier molecular flexibility index (Phi) is 6.47. The number of carbonyl (C=O) groups is 2. The molecular formula is C28H42O7. The molecule has 4 aliphatic carbocycles. The van der Waals surface area contributed by atoms with Crippen LogP contribution in [0.5, 0.6) is 0 Å². The first-order chi connectivity index (χ1) is 16.5. The van der Waals surface area contributed by atoms with Crippen LogP contribution in [0.1, 0.15) is 78.6 Å². The lowest BCUT2D eigenvalue weighted by atomic mass is 9.43. The predicted molar refractivity (Wildman–Crippen MR) is 128 cm³/mol. The van der Waals surface area contributed by atoms with E-state index >= 15 is 0 Å². The van der Waals surface area contributed by atoms with Gasteiger partial charge in [0.1, 0.15) is 5.92 Å². The normalized spacial score (nSPS) is 43.7. The van der Waals surface area contributed by atoms with Crippen LogP contribution in [0.4, 0.5) is 0 Å². The fourth-order valence-electron chi connectivity index (χ4n) is 9.08. The number of ether oxygens (including phenoxy) is 2. The van der Waals surface area contributed by atoms with Gasteiger partial charge >= 0.3 is 5.97 Å². The molecule has 0 aromatic rings. The van der Waals surface area contributed by atoms with Crippen LogP contribution in [0, 0.1) is 46.3 Å². The molecule has 0 bridgehead atoms. The molecule has 1 aliphatic heterocycles. The van der Waals surface area contributed by atoms with Gasteiger partial charge in [-0.2, -0.15) is 0 Å². The van der Waals surface area contributed by atoms with Crippen LogP contribution >= 0.6 is 0 Å². The second-order valence-corrected chi connectivity index (χ2v) is 12.4. The van der Waals surface area contributed by atoms with Crippen LogP contribution < -0.4 is 0 Å². The summed E-state index contributed by atoms with van der Waals surface area (Å²) in [5, 5.41) is 31.8. The van der Waals surface area contributed by atoms with E-state index in [0.29, 0.717) is 32.5 Å². The highest BCUT2D eigenvalue weighted by molar-refractivity contribution is 6.01. The molecule has 7 heteroatoms. The first-order valence-corrected chi connectivity index (χ1v) is 13.7. The average molecular weight is 491 g/mol. The number of aliphatic hydroxyl groups is 2. The number of carboxylic acid groups (broad SMARTS) is 1. The van der Waals surface area contributed by atoms with Crippen LogP contribution in [-0.2, 0) is 19.1 Å². The van der Waals surface area contributed by atoms with Crippen LogP contribution in [0.15, 0.2) is 11.6 Å². The summed E-state index contributed by atoms with van der Waals surface area (Å²) in [6.07, 6.45) is 8.04. The Hall–Kier alpha value is -1.28. The maximum Gasteiger partial charge on any atom is 0.314 e. The van der Waals surface area contributed by atoms with E-state index in [1.807, 2.05) is 6.92 Å². The molecule has 3 unspecified atom stereocenters. The van der Waals surface area contributed by atoms with Gasteiger partial charge in [0.05, 0.1) is 13.2 Å². The number of hydrogen-bond donors (Lipinski definition) is 3. The summed E-state index contributed by atoms with van der Waals surface area (Å²) in [6, 6.07) is 0. The number of carboxylic acids is 1. The summed E-state index contributed by atoms with van der Waals surface area (Å²) >= 11 is 0. The van der Waals surface area contributed by atoms with Crippen molar-refractivity contribution in [2.24, 2.45) is 46.3 Å². The molecule has 35 heavy (non-hydrogen) atoms. The Morgan fingerprint density at radius 2 is 1.83 bits per heavy atom. The van der Waals surface area contributed by atoms with Gasteiger partial charge in [-0.25, -0.2) is 0 Å². The molecule has 1 saturated heterocycles. The molecule has 7 nitrogen and oxygen atoms in total. The lowest BCUT2D eigenvalue weighted by Crippen LogP contribution is -2.58. The molecule has 1 heterocycles. The van der Waals surface area contributed by atoms with Gasteiger partial charge in [0, 0.05) is 24.2 Å². The quantitative estimate of drug-likeness (QED) is 0.294. The SMILES string of the molecule is CCC(CCC1C(C(=O)O)C(=O)CC2=CC[C@@H]3[C@@H](CC[C@@]4(C)[C@H]3CCC4(O)O)[C@]21C)C1OCCO1. The van der Waals surface area contributed by atoms with E-state index < -0.39 is 23.1 Å². The summed E-state index contributed by atoms with van der Waals surface area (Å²) in [4.78, 5) is 25.6. The molecular weight excluding hydrogens is 448 g/mol. The Labute approximate surface area is 208 Å². The largest absolute Gasteiger partial charge is 0.481 e. The molecule has 3 N–H and O–H groups in total. The van der Waals surface area contributed by atoms with Crippen molar-refractivity contribution in [3.8, 4) is 0 Å². The maximum atomic E-state index is 13.2. The average Bonchev–Trinajstić information content (AvgIpc) is 3.41. The van der Waals surface area contributed by atoms with Crippen LogP contribution in [0.25, 0.3) is 0 Å². The summed E-state index contributed by atoms with van der Waals surface area (Å²) in [5.74, 6) is -3.21. The second-order valence-electron chi connectivity index (χ2n) is 12.4. The summed E-state index contributed by atoms with van der Waals surface area (Å²) < 4.78 is 11.5. The minimum Gasteiger partial charge on any atom is -0.481 e. The number of hydrogen-bond acceptors (Lipinski definition) is 6. The van der Waals surface area contributed by atoms with Crippen LogP contribution in [0.3, 0.4) is 0 Å². The smallest absolute Gasteiger partial charge is 0.314 e. The molecule has 4 fully saturated rings. The van der Waals surface area contributed by atoms with Crippen molar-refractivity contribution in [1.29, 1.82) is 0 Å². The fourth-order valence-corrected chi connectivity index (χ4v) is 9.08. The van der Waals surface area contributed by atoms with Crippen molar-refractivity contribution in [3.05, 3.63) is 11.6 Å². The van der Waals surface area contributed by atoms with E-state index in [0.717, 1.165) is 37.7 Å². The number of rotatable bonds is 6. The summed E-state index contributed by atoms with van der Waals surface area (Å²) in [5.41, 5.74) is 0.202. The maximum absolute atomic E-state index is 13.2. The van der Waals surface area contributed by atoms with Gasteiger partial charge in [0.2, 0.25) is 0 Å². The highest BCUT2D eigenvalue weighted by Gasteiger charge is 2.66. The summed E-state index contributed by atoms with van der Waals surface area (Å²) in [7, 11) is 0. The molecule has 0 radical (unpaired) electrons. The lowest BCUT2D eigenvalue weighted by Gasteiger charge is -2.60. The van der Waals surface area contributed by atoms with Gasteiger partial charge in [-0.1, -0.05) is 32.4 Å². The Morgan fingerprint density at radius 3 is 2.49 bits per heavy atom. The summed E-state index contributed by atoms with van der Waals surface area (Å²) in [6.45, 7) is 7.53. The first kappa shape index (κ1) is 25.4. The Bertz CT molecular complexity index is 890. The first-order valence-electron chi connectivity index (χ1n) is 13.7. The van der Waals surface area contributed by atoms with Crippen molar-refractivity contribution in [1.82, 2.24) is 0 Å². The molecule has 0 aromatic heterocycles. The van der Waals surface area contributed by atoms with Crippen LogP contribution in [0.2, 0.25) is 0 Å². The minimum absolute atomic E-state index is 0.169. The highest BCUT2D eigenvalue weighted by atomic mass is 16.7. The molecule has 5 aliphatic rings. The van der Waals surface area contributed by atoms with Crippen molar-refractivity contribution in [3.63, 3.8) is 0 Å². The van der Waals surface area contributed by atoms with Gasteiger partial charge in [-0.05, 0) is 74.0 Å². The zero-order chi connectivity index (χ0) is 25.2. The molecule has 3 saturated carbocycles. The second kappa shape index (κ2) is 8.93. The minimum atomic E-state index is -1.64. The predicted octanol–water partition coefficient (Wildman–Crippen LogP) is 3.92. The van der Waals surface area contributed by atoms with Crippen molar-refractivity contribution >= 4 is 11.8 Å². The lowest BCUT2D eigenvalue weighted by molar-refractivity contribution is -0.247. The van der Waals surface area contributed by atoms with Gasteiger partial charge in [0.15, 0.2) is 17.9 Å². The van der Waals surface area contributed by atoms with E-state index in [2.05, 4.69) is 19.9 Å². The number of ketones is 1. The molecule has 0 spiro atoms. The third kappa shape index (κ3) is 3.75. The zero-order valence-corrected chi connectivity index (χ0v) is 21.4. The van der Waals surface area contributed by atoms with Crippen LogP contribution in [-0.4, -0.2) is 52.4 Å². The van der Waals surface area contributed by atoms with E-state index in [-0.39, 0.29) is 53.5 Å². The fraction of sp³-hybridized carbons (Fsp3) is 0.857. The topological polar surface area (TPSA) is 113 Å². The van der Waals surface area contributed by atoms with Gasteiger partial charge in [0.25, 0.3) is 0 Å². The van der Waals surface area contributed by atoms with Crippen molar-refractivity contribution < 1.29 is 34.4 Å². The van der Waals surface area contributed by atoms with Gasteiger partial charge in [-0.15, -0.1) is 0 Å². The monoisotopic (exact) mass is 490 g/mol. The molecule has 8 atom stereocenters. The Morgan fingerprint density at radius 1 is 1.14 bits per heavy atom. The van der Waals surface area contributed by atoms with Crippen molar-refractivity contribution in [2.45, 2.75) is 90.6 Å². The third-order valence-electron chi connectivity index (χ3n) is 11.2.